The van der Waals surface area contributed by atoms with E-state index in [1.807, 2.05) is 13.1 Å². The lowest BCUT2D eigenvalue weighted by atomic mass is 10.0. The molecule has 1 aromatic heterocycles. The van der Waals surface area contributed by atoms with Crippen LogP contribution in [0.4, 0.5) is 0 Å². The van der Waals surface area contributed by atoms with Gasteiger partial charge in [-0.3, -0.25) is 0 Å². The maximum atomic E-state index is 9.82. The highest BCUT2D eigenvalue weighted by Crippen LogP contribution is 2.30. The quantitative estimate of drug-likeness (QED) is 0.702. The van der Waals surface area contributed by atoms with Gasteiger partial charge < -0.3 is 15.4 Å². The third kappa shape index (κ3) is 1.49. The number of nitrogens with one attached hydrogen (secondary N) is 2. The molecule has 3 N–H and O–H groups in total. The lowest BCUT2D eigenvalue weighted by Gasteiger charge is -2.06. The normalized spacial score (nSPS) is 11.1. The number of aromatic hydroxyl groups is 1. The minimum absolute atomic E-state index is 0.360. The van der Waals surface area contributed by atoms with Gasteiger partial charge in [0, 0.05) is 28.7 Å². The van der Waals surface area contributed by atoms with Crippen LogP contribution in [-0.2, 0) is 6.54 Å². The summed E-state index contributed by atoms with van der Waals surface area (Å²) >= 11 is 0. The highest BCUT2D eigenvalue weighted by molar-refractivity contribution is 5.89. The second-order valence-electron chi connectivity index (χ2n) is 3.89. The Kier molecular flexibility index (Phi) is 2.40. The molecule has 0 fully saturated rings. The van der Waals surface area contributed by atoms with Crippen LogP contribution < -0.4 is 5.32 Å². The van der Waals surface area contributed by atoms with Crippen molar-refractivity contribution in [2.45, 2.75) is 20.4 Å². The molecule has 0 amide bonds. The molecule has 3 nitrogen and oxygen atoms in total. The molecule has 0 aliphatic heterocycles. The van der Waals surface area contributed by atoms with E-state index in [9.17, 15) is 5.11 Å². The van der Waals surface area contributed by atoms with Crippen molar-refractivity contribution < 1.29 is 5.11 Å². The maximum absolute atomic E-state index is 9.82. The first-order chi connectivity index (χ1) is 7.15. The molecule has 0 aliphatic rings. The lowest BCUT2D eigenvalue weighted by Crippen LogP contribution is -2.05. The molecule has 1 aromatic carbocycles. The zero-order chi connectivity index (χ0) is 11.0. The molecule has 2 aromatic rings. The number of rotatable bonds is 2. The Labute approximate surface area is 89.1 Å². The summed E-state index contributed by atoms with van der Waals surface area (Å²) in [7, 11) is 1.88. The predicted octanol–water partition coefficient (Wildman–Crippen LogP) is 2.21. The number of phenolic OH excluding ortho intramolecular Hbond substituents is 1. The minimum atomic E-state index is 0.360. The Bertz CT molecular complexity index is 500. The van der Waals surface area contributed by atoms with Crippen molar-refractivity contribution in [1.29, 1.82) is 0 Å². The first kappa shape index (κ1) is 10.1. The number of benzene rings is 1. The number of hydrogen-bond donors (Lipinski definition) is 3. The molecule has 15 heavy (non-hydrogen) atoms. The Morgan fingerprint density at radius 2 is 2.07 bits per heavy atom. The van der Waals surface area contributed by atoms with Crippen molar-refractivity contribution >= 4 is 10.9 Å². The maximum Gasteiger partial charge on any atom is 0.120 e. The van der Waals surface area contributed by atoms with Gasteiger partial charge in [-0.15, -0.1) is 0 Å². The van der Waals surface area contributed by atoms with Gasteiger partial charge in [0.15, 0.2) is 0 Å². The molecule has 2 rings (SSSR count). The molecular weight excluding hydrogens is 188 g/mol. The standard InChI is InChI=1S/C12H16N2O/c1-7-8(2)14-10-4-5-11(15)9(6-13-3)12(7)10/h4-5,13-15H,6H2,1-3H3. The van der Waals surface area contributed by atoms with Gasteiger partial charge in [0.2, 0.25) is 0 Å². The fourth-order valence-corrected chi connectivity index (χ4v) is 2.01. The molecule has 0 unspecified atom stereocenters. The van der Waals surface area contributed by atoms with Gasteiger partial charge in [-0.1, -0.05) is 0 Å². The molecule has 0 atom stereocenters. The fraction of sp³-hybridized carbons (Fsp3) is 0.333. The van der Waals surface area contributed by atoms with Crippen LogP contribution in [0.25, 0.3) is 10.9 Å². The molecule has 80 valence electrons. The summed E-state index contributed by atoms with van der Waals surface area (Å²) in [6, 6.07) is 3.66. The first-order valence-electron chi connectivity index (χ1n) is 5.09. The highest BCUT2D eigenvalue weighted by Gasteiger charge is 2.11. The van der Waals surface area contributed by atoms with E-state index in [4.69, 9.17) is 0 Å². The van der Waals surface area contributed by atoms with Crippen LogP contribution in [0, 0.1) is 13.8 Å². The van der Waals surface area contributed by atoms with Crippen LogP contribution in [0.2, 0.25) is 0 Å². The van der Waals surface area contributed by atoms with Crippen molar-refractivity contribution in [3.63, 3.8) is 0 Å². The van der Waals surface area contributed by atoms with Gasteiger partial charge in [-0.2, -0.15) is 0 Å². The second kappa shape index (κ2) is 3.59. The van der Waals surface area contributed by atoms with E-state index in [1.54, 1.807) is 6.07 Å². The summed E-state index contributed by atoms with van der Waals surface area (Å²) < 4.78 is 0. The average Bonchev–Trinajstić information content (AvgIpc) is 2.49. The summed E-state index contributed by atoms with van der Waals surface area (Å²) in [5.74, 6) is 0.360. The van der Waals surface area contributed by atoms with Crippen molar-refractivity contribution in [3.05, 3.63) is 29.0 Å². The second-order valence-corrected chi connectivity index (χ2v) is 3.89. The van der Waals surface area contributed by atoms with Crippen molar-refractivity contribution in [1.82, 2.24) is 10.3 Å². The molecule has 0 spiro atoms. The summed E-state index contributed by atoms with van der Waals surface area (Å²) in [5.41, 5.74) is 4.43. The van der Waals surface area contributed by atoms with E-state index in [0.29, 0.717) is 12.3 Å². The van der Waals surface area contributed by atoms with E-state index in [0.717, 1.165) is 22.2 Å². The van der Waals surface area contributed by atoms with Gasteiger partial charge in [-0.25, -0.2) is 0 Å². The molecule has 0 saturated carbocycles. The van der Waals surface area contributed by atoms with Crippen LogP contribution in [0.15, 0.2) is 12.1 Å². The number of aromatic nitrogens is 1. The zero-order valence-electron chi connectivity index (χ0n) is 9.31. The largest absolute Gasteiger partial charge is 0.508 e. The van der Waals surface area contributed by atoms with Gasteiger partial charge in [-0.05, 0) is 38.6 Å². The van der Waals surface area contributed by atoms with E-state index >= 15 is 0 Å². The van der Waals surface area contributed by atoms with Gasteiger partial charge >= 0.3 is 0 Å². The lowest BCUT2D eigenvalue weighted by molar-refractivity contribution is 0.467. The molecule has 0 saturated heterocycles. The zero-order valence-corrected chi connectivity index (χ0v) is 9.31. The van der Waals surface area contributed by atoms with Crippen molar-refractivity contribution in [2.24, 2.45) is 0 Å². The van der Waals surface area contributed by atoms with Gasteiger partial charge in [0.25, 0.3) is 0 Å². The van der Waals surface area contributed by atoms with Crippen LogP contribution in [0.1, 0.15) is 16.8 Å². The van der Waals surface area contributed by atoms with E-state index in [-0.39, 0.29) is 0 Å². The van der Waals surface area contributed by atoms with Crippen molar-refractivity contribution in [2.75, 3.05) is 7.05 Å². The van der Waals surface area contributed by atoms with E-state index in [1.165, 1.54) is 5.56 Å². The van der Waals surface area contributed by atoms with Crippen LogP contribution in [0.3, 0.4) is 0 Å². The number of fused-ring (bicyclic) bond motifs is 1. The van der Waals surface area contributed by atoms with Crippen molar-refractivity contribution in [3.8, 4) is 5.75 Å². The number of aryl methyl sites for hydroxylation is 2. The van der Waals surface area contributed by atoms with E-state index in [2.05, 4.69) is 24.1 Å². The topological polar surface area (TPSA) is 48.0 Å². The monoisotopic (exact) mass is 204 g/mol. The van der Waals surface area contributed by atoms with Crippen LogP contribution in [0.5, 0.6) is 5.75 Å². The predicted molar refractivity (Wildman–Crippen MR) is 62.2 cm³/mol. The van der Waals surface area contributed by atoms with Crippen LogP contribution in [-0.4, -0.2) is 17.1 Å². The Balaban J connectivity index is 2.78. The van der Waals surface area contributed by atoms with Crippen LogP contribution >= 0.6 is 0 Å². The smallest absolute Gasteiger partial charge is 0.120 e. The fourth-order valence-electron chi connectivity index (χ4n) is 2.01. The Morgan fingerprint density at radius 1 is 1.33 bits per heavy atom. The summed E-state index contributed by atoms with van der Waals surface area (Å²) in [4.78, 5) is 3.31. The molecule has 3 heteroatoms. The summed E-state index contributed by atoms with van der Waals surface area (Å²) in [6.45, 7) is 4.81. The summed E-state index contributed by atoms with van der Waals surface area (Å²) in [6.07, 6.45) is 0. The summed E-state index contributed by atoms with van der Waals surface area (Å²) in [5, 5.41) is 14.0. The molecule has 0 bridgehead atoms. The molecule has 1 heterocycles. The average molecular weight is 204 g/mol. The SMILES string of the molecule is CNCc1c(O)ccc2[nH]c(C)c(C)c12. The Morgan fingerprint density at radius 3 is 2.73 bits per heavy atom. The number of aromatic amines is 1. The Hall–Kier alpha value is -1.48. The first-order valence-corrected chi connectivity index (χ1v) is 5.09. The molecule has 0 radical (unpaired) electrons. The molecule has 0 aliphatic carbocycles. The van der Waals surface area contributed by atoms with Gasteiger partial charge in [0.1, 0.15) is 5.75 Å². The van der Waals surface area contributed by atoms with Gasteiger partial charge in [0.05, 0.1) is 0 Å². The third-order valence-electron chi connectivity index (χ3n) is 2.90. The number of hydrogen-bond acceptors (Lipinski definition) is 2. The number of phenols is 1. The van der Waals surface area contributed by atoms with E-state index < -0.39 is 0 Å². The third-order valence-corrected chi connectivity index (χ3v) is 2.90. The minimum Gasteiger partial charge on any atom is -0.508 e. The highest BCUT2D eigenvalue weighted by atomic mass is 16.3. The molecular formula is C12H16N2O. The number of H-pyrrole nitrogens is 1.